The first-order valence-corrected chi connectivity index (χ1v) is 10.1. The second-order valence-electron chi connectivity index (χ2n) is 6.83. The highest BCUT2D eigenvalue weighted by Crippen LogP contribution is 2.25. The van der Waals surface area contributed by atoms with Crippen LogP contribution in [0.5, 0.6) is 0 Å². The van der Waals surface area contributed by atoms with Gasteiger partial charge in [-0.3, -0.25) is 9.59 Å². The maximum absolute atomic E-state index is 13.0. The molecule has 2 amide bonds. The summed E-state index contributed by atoms with van der Waals surface area (Å²) in [5, 5.41) is 7.76. The predicted octanol–water partition coefficient (Wildman–Crippen LogP) is 4.41. The molecule has 0 spiro atoms. The number of amides is 2. The van der Waals surface area contributed by atoms with Crippen LogP contribution in [0.25, 0.3) is 16.9 Å². The van der Waals surface area contributed by atoms with Crippen molar-refractivity contribution in [3.8, 4) is 11.3 Å². The number of carbonyl (C=O) groups excluding carboxylic acids is 2. The first kappa shape index (κ1) is 20.8. The molecule has 7 nitrogen and oxygen atoms in total. The molecule has 0 aliphatic carbocycles. The van der Waals surface area contributed by atoms with Crippen molar-refractivity contribution in [2.75, 3.05) is 18.9 Å². The Bertz CT molecular complexity index is 1270. The lowest BCUT2D eigenvalue weighted by Gasteiger charge is -2.16. The van der Waals surface area contributed by atoms with Gasteiger partial charge < -0.3 is 10.2 Å². The van der Waals surface area contributed by atoms with E-state index < -0.39 is 0 Å². The number of halogens is 2. The van der Waals surface area contributed by atoms with Crippen LogP contribution in [-0.4, -0.2) is 44.9 Å². The van der Waals surface area contributed by atoms with E-state index in [1.54, 1.807) is 36.0 Å². The molecule has 0 unspecified atom stereocenters. The van der Waals surface area contributed by atoms with Gasteiger partial charge in [-0.1, -0.05) is 53.5 Å². The maximum atomic E-state index is 13.0. The van der Waals surface area contributed by atoms with Gasteiger partial charge in [0.25, 0.3) is 5.91 Å². The molecule has 0 fully saturated rings. The normalized spacial score (nSPS) is 10.8. The molecule has 2 aromatic heterocycles. The summed E-state index contributed by atoms with van der Waals surface area (Å²) >= 11 is 11.9. The van der Waals surface area contributed by atoms with E-state index in [1.807, 2.05) is 36.4 Å². The molecule has 0 saturated heterocycles. The largest absolute Gasteiger partial charge is 0.332 e. The summed E-state index contributed by atoms with van der Waals surface area (Å²) in [6.07, 6.45) is 3.09. The number of anilines is 1. The molecule has 0 radical (unpaired) electrons. The van der Waals surface area contributed by atoms with E-state index in [9.17, 15) is 9.59 Å². The van der Waals surface area contributed by atoms with E-state index in [2.05, 4.69) is 15.4 Å². The third-order valence-electron chi connectivity index (χ3n) is 4.63. The predicted molar refractivity (Wildman–Crippen MR) is 120 cm³/mol. The van der Waals surface area contributed by atoms with E-state index in [0.29, 0.717) is 26.9 Å². The zero-order chi connectivity index (χ0) is 22.0. The minimum Gasteiger partial charge on any atom is -0.332 e. The van der Waals surface area contributed by atoms with Gasteiger partial charge in [0.1, 0.15) is 5.56 Å². The molecule has 1 N–H and O–H groups in total. The molecule has 0 atom stereocenters. The number of nitrogens with zero attached hydrogens (tertiary/aromatic N) is 4. The minimum absolute atomic E-state index is 0.158. The van der Waals surface area contributed by atoms with Gasteiger partial charge in [0.05, 0.1) is 28.5 Å². The zero-order valence-corrected chi connectivity index (χ0v) is 17.9. The Hall–Kier alpha value is -3.42. The number of benzene rings is 2. The second-order valence-corrected chi connectivity index (χ2v) is 7.64. The first-order chi connectivity index (χ1) is 14.9. The first-order valence-electron chi connectivity index (χ1n) is 9.32. The highest BCUT2D eigenvalue weighted by atomic mass is 35.5. The van der Waals surface area contributed by atoms with Gasteiger partial charge >= 0.3 is 0 Å². The van der Waals surface area contributed by atoms with Crippen molar-refractivity contribution >= 4 is 46.4 Å². The molecule has 0 saturated carbocycles. The lowest BCUT2D eigenvalue weighted by molar-refractivity contribution is -0.116. The van der Waals surface area contributed by atoms with Crippen molar-refractivity contribution in [1.29, 1.82) is 0 Å². The van der Waals surface area contributed by atoms with Crippen molar-refractivity contribution in [1.82, 2.24) is 19.5 Å². The van der Waals surface area contributed by atoms with E-state index in [-0.39, 0.29) is 18.4 Å². The summed E-state index contributed by atoms with van der Waals surface area (Å²) in [6, 6.07) is 16.3. The summed E-state index contributed by atoms with van der Waals surface area (Å²) in [5.41, 5.74) is 2.98. The third kappa shape index (κ3) is 4.38. The third-order valence-corrected chi connectivity index (χ3v) is 5.37. The van der Waals surface area contributed by atoms with Crippen LogP contribution >= 0.6 is 23.2 Å². The average molecular weight is 454 g/mol. The SMILES string of the molecule is CN(CC(=O)Nc1ccc(Cl)c(Cl)c1)C(=O)c1cnn2c(-c3ccccc3)ccnc12. The van der Waals surface area contributed by atoms with Crippen LogP contribution in [0.3, 0.4) is 0 Å². The quantitative estimate of drug-likeness (QED) is 0.485. The Morgan fingerprint density at radius 3 is 2.58 bits per heavy atom. The van der Waals surface area contributed by atoms with Gasteiger partial charge in [-0.25, -0.2) is 9.50 Å². The summed E-state index contributed by atoms with van der Waals surface area (Å²) in [6.45, 7) is -0.158. The second kappa shape index (κ2) is 8.75. The fourth-order valence-corrected chi connectivity index (χ4v) is 3.44. The molecule has 4 aromatic rings. The monoisotopic (exact) mass is 453 g/mol. The van der Waals surface area contributed by atoms with Gasteiger partial charge in [-0.15, -0.1) is 0 Å². The molecule has 0 aliphatic rings. The highest BCUT2D eigenvalue weighted by molar-refractivity contribution is 6.42. The summed E-state index contributed by atoms with van der Waals surface area (Å²) < 4.78 is 1.62. The van der Waals surface area contributed by atoms with E-state index in [4.69, 9.17) is 23.2 Å². The van der Waals surface area contributed by atoms with E-state index in [1.165, 1.54) is 11.1 Å². The Kier molecular flexibility index (Phi) is 5.88. The number of aromatic nitrogens is 3. The molecular weight excluding hydrogens is 437 g/mol. The Morgan fingerprint density at radius 1 is 1.06 bits per heavy atom. The number of rotatable bonds is 5. The van der Waals surface area contributed by atoms with Gasteiger partial charge in [0, 0.05) is 24.5 Å². The van der Waals surface area contributed by atoms with Gasteiger partial charge in [0.15, 0.2) is 5.65 Å². The van der Waals surface area contributed by atoms with Crippen molar-refractivity contribution in [2.24, 2.45) is 0 Å². The molecule has 2 heterocycles. The average Bonchev–Trinajstić information content (AvgIpc) is 3.20. The van der Waals surface area contributed by atoms with E-state index >= 15 is 0 Å². The smallest absolute Gasteiger partial charge is 0.259 e. The minimum atomic E-state index is -0.372. The van der Waals surface area contributed by atoms with Gasteiger partial charge in [-0.2, -0.15) is 5.10 Å². The van der Waals surface area contributed by atoms with E-state index in [0.717, 1.165) is 11.3 Å². The lowest BCUT2D eigenvalue weighted by atomic mass is 10.1. The molecule has 0 aliphatic heterocycles. The van der Waals surface area contributed by atoms with Crippen LogP contribution in [-0.2, 0) is 4.79 Å². The number of carbonyl (C=O) groups is 2. The van der Waals surface area contributed by atoms with Crippen LogP contribution in [0.2, 0.25) is 10.0 Å². The maximum Gasteiger partial charge on any atom is 0.259 e. The van der Waals surface area contributed by atoms with Crippen LogP contribution in [0.15, 0.2) is 67.0 Å². The number of hydrogen-bond acceptors (Lipinski definition) is 4. The van der Waals surface area contributed by atoms with Crippen molar-refractivity contribution < 1.29 is 9.59 Å². The summed E-state index contributed by atoms with van der Waals surface area (Å²) in [7, 11) is 1.54. The Labute approximate surface area is 188 Å². The summed E-state index contributed by atoms with van der Waals surface area (Å²) in [4.78, 5) is 31.0. The number of likely N-dealkylation sites (N-methyl/N-ethyl adjacent to an activating group) is 1. The fraction of sp³-hybridized carbons (Fsp3) is 0.0909. The Morgan fingerprint density at radius 2 is 1.84 bits per heavy atom. The van der Waals surface area contributed by atoms with Crippen LogP contribution in [0.4, 0.5) is 5.69 Å². The van der Waals surface area contributed by atoms with Crippen LogP contribution < -0.4 is 5.32 Å². The topological polar surface area (TPSA) is 79.6 Å². The molecular formula is C22H17Cl2N5O2. The van der Waals surface area contributed by atoms with Crippen LogP contribution in [0, 0.1) is 0 Å². The van der Waals surface area contributed by atoms with Crippen LogP contribution in [0.1, 0.15) is 10.4 Å². The van der Waals surface area contributed by atoms with Crippen molar-refractivity contribution in [2.45, 2.75) is 0 Å². The van der Waals surface area contributed by atoms with Crippen molar-refractivity contribution in [3.05, 3.63) is 82.6 Å². The lowest BCUT2D eigenvalue weighted by Crippen LogP contribution is -2.35. The summed E-state index contributed by atoms with van der Waals surface area (Å²) in [5.74, 6) is -0.736. The Balaban J connectivity index is 1.52. The molecule has 31 heavy (non-hydrogen) atoms. The zero-order valence-electron chi connectivity index (χ0n) is 16.4. The van der Waals surface area contributed by atoms with Crippen molar-refractivity contribution in [3.63, 3.8) is 0 Å². The molecule has 156 valence electrons. The number of nitrogens with one attached hydrogen (secondary N) is 1. The number of fused-ring (bicyclic) bond motifs is 1. The van der Waals surface area contributed by atoms with Gasteiger partial charge in [-0.05, 0) is 24.3 Å². The van der Waals surface area contributed by atoms with Gasteiger partial charge in [0.2, 0.25) is 5.91 Å². The molecule has 0 bridgehead atoms. The number of hydrogen-bond donors (Lipinski definition) is 1. The highest BCUT2D eigenvalue weighted by Gasteiger charge is 2.21. The fourth-order valence-electron chi connectivity index (χ4n) is 3.14. The molecule has 2 aromatic carbocycles. The standard InChI is InChI=1S/C22H17Cl2N5O2/c1-28(13-20(30)27-15-7-8-17(23)18(24)11-15)22(31)16-12-26-29-19(9-10-25-21(16)29)14-5-3-2-4-6-14/h2-12H,13H2,1H3,(H,27,30). The molecule has 4 rings (SSSR count). The molecule has 9 heteroatoms.